The highest BCUT2D eigenvalue weighted by Crippen LogP contribution is 2.31. The number of thiazole rings is 1. The molecule has 0 atom stereocenters. The maximum Gasteiger partial charge on any atom is 0.261 e. The maximum absolute atomic E-state index is 12.7. The summed E-state index contributed by atoms with van der Waals surface area (Å²) in [5.74, 6) is 0.465. The molecule has 4 rings (SSSR count). The minimum Gasteiger partial charge on any atom is -0.494 e. The van der Waals surface area contributed by atoms with E-state index in [0.717, 1.165) is 27.4 Å². The predicted molar refractivity (Wildman–Crippen MR) is 140 cm³/mol. The minimum absolute atomic E-state index is 0.174. The number of aromatic nitrogens is 1. The summed E-state index contributed by atoms with van der Waals surface area (Å²) in [6.07, 6.45) is 0. The predicted octanol–water partition coefficient (Wildman–Crippen LogP) is 5.88. The fourth-order valence-electron chi connectivity index (χ4n) is 3.38. The van der Waals surface area contributed by atoms with E-state index < -0.39 is 10.0 Å². The third-order valence-corrected chi connectivity index (χ3v) is 7.47. The van der Waals surface area contributed by atoms with E-state index in [1.807, 2.05) is 45.0 Å². The zero-order valence-electron chi connectivity index (χ0n) is 19.5. The molecule has 0 unspecified atom stereocenters. The Kier molecular flexibility index (Phi) is 7.18. The lowest BCUT2D eigenvalue weighted by molar-refractivity contribution is 0.102. The van der Waals surface area contributed by atoms with Gasteiger partial charge in [-0.05, 0) is 81.4 Å². The molecule has 180 valence electrons. The summed E-state index contributed by atoms with van der Waals surface area (Å²) in [5, 5.41) is 3.31. The number of benzene rings is 3. The first kappa shape index (κ1) is 24.4. The fourth-order valence-corrected chi connectivity index (χ4v) is 5.27. The molecule has 0 aliphatic heterocycles. The molecule has 35 heavy (non-hydrogen) atoms. The van der Waals surface area contributed by atoms with Gasteiger partial charge in [-0.2, -0.15) is 0 Å². The van der Waals surface area contributed by atoms with Crippen LogP contribution in [-0.4, -0.2) is 25.9 Å². The Morgan fingerprint density at radius 3 is 2.23 bits per heavy atom. The first-order valence-electron chi connectivity index (χ1n) is 11.0. The quantitative estimate of drug-likeness (QED) is 0.310. The Labute approximate surface area is 208 Å². The van der Waals surface area contributed by atoms with E-state index in [1.54, 1.807) is 48.5 Å². The van der Waals surface area contributed by atoms with Gasteiger partial charge < -0.3 is 4.74 Å². The summed E-state index contributed by atoms with van der Waals surface area (Å²) in [6.45, 7) is 6.38. The average molecular weight is 508 g/mol. The standard InChI is InChI=1S/C26H25N3O4S2/c1-4-33-22-13-9-19(10-14-22)24-18(3)34-26(27-24)28-25(30)20-7-11-21(12-8-20)29-35(31,32)23-15-5-17(2)6-16-23/h5-16,29H,4H2,1-3H3,(H,27,28,30). The molecule has 4 aromatic rings. The van der Waals surface area contributed by atoms with Gasteiger partial charge in [0, 0.05) is 21.7 Å². The van der Waals surface area contributed by atoms with Crippen molar-refractivity contribution in [3.8, 4) is 17.0 Å². The second kappa shape index (κ2) is 10.3. The van der Waals surface area contributed by atoms with Crippen LogP contribution in [0.2, 0.25) is 0 Å². The van der Waals surface area contributed by atoms with E-state index in [-0.39, 0.29) is 10.8 Å². The molecule has 1 aromatic heterocycles. The first-order valence-corrected chi connectivity index (χ1v) is 13.3. The van der Waals surface area contributed by atoms with Crippen molar-refractivity contribution in [2.45, 2.75) is 25.7 Å². The molecular weight excluding hydrogens is 482 g/mol. The molecule has 1 amide bonds. The second-order valence-corrected chi connectivity index (χ2v) is 10.7. The van der Waals surface area contributed by atoms with Gasteiger partial charge >= 0.3 is 0 Å². The molecule has 1 heterocycles. The van der Waals surface area contributed by atoms with Gasteiger partial charge in [-0.1, -0.05) is 17.7 Å². The monoisotopic (exact) mass is 507 g/mol. The number of nitrogens with one attached hydrogen (secondary N) is 2. The Bertz CT molecular complexity index is 1430. The molecule has 0 radical (unpaired) electrons. The molecule has 9 heteroatoms. The number of hydrogen-bond acceptors (Lipinski definition) is 6. The Balaban J connectivity index is 1.43. The Morgan fingerprint density at radius 2 is 1.60 bits per heavy atom. The number of sulfonamides is 1. The summed E-state index contributed by atoms with van der Waals surface area (Å²) < 4.78 is 33.2. The lowest BCUT2D eigenvalue weighted by atomic mass is 10.1. The Morgan fingerprint density at radius 1 is 0.943 bits per heavy atom. The topological polar surface area (TPSA) is 97.4 Å². The average Bonchev–Trinajstić information content (AvgIpc) is 3.20. The number of ether oxygens (including phenoxy) is 1. The van der Waals surface area contributed by atoms with Crippen LogP contribution in [0.4, 0.5) is 10.8 Å². The van der Waals surface area contributed by atoms with Crippen LogP contribution >= 0.6 is 11.3 Å². The number of carbonyl (C=O) groups excluding carboxylic acids is 1. The lowest BCUT2D eigenvalue weighted by Crippen LogP contribution is -2.14. The van der Waals surface area contributed by atoms with Crippen molar-refractivity contribution in [1.29, 1.82) is 0 Å². The van der Waals surface area contributed by atoms with Gasteiger partial charge in [0.2, 0.25) is 0 Å². The van der Waals surface area contributed by atoms with E-state index >= 15 is 0 Å². The molecule has 3 aromatic carbocycles. The third-order valence-electron chi connectivity index (χ3n) is 5.19. The van der Waals surface area contributed by atoms with Crippen molar-refractivity contribution in [3.63, 3.8) is 0 Å². The van der Waals surface area contributed by atoms with Crippen LogP contribution in [0.3, 0.4) is 0 Å². The molecule has 0 bridgehead atoms. The Hall–Kier alpha value is -3.69. The number of rotatable bonds is 8. The first-order chi connectivity index (χ1) is 16.7. The number of amides is 1. The molecule has 2 N–H and O–H groups in total. The number of anilines is 2. The van der Waals surface area contributed by atoms with E-state index in [9.17, 15) is 13.2 Å². The van der Waals surface area contributed by atoms with Gasteiger partial charge in [0.15, 0.2) is 5.13 Å². The number of hydrogen-bond donors (Lipinski definition) is 2. The molecule has 0 aliphatic carbocycles. The van der Waals surface area contributed by atoms with Gasteiger partial charge in [-0.15, -0.1) is 11.3 Å². The molecule has 0 aliphatic rings. The van der Waals surface area contributed by atoms with Crippen molar-refractivity contribution < 1.29 is 17.9 Å². The van der Waals surface area contributed by atoms with Gasteiger partial charge in [0.25, 0.3) is 15.9 Å². The summed E-state index contributed by atoms with van der Waals surface area (Å²) >= 11 is 1.39. The summed E-state index contributed by atoms with van der Waals surface area (Å²) in [4.78, 5) is 18.5. The van der Waals surface area contributed by atoms with Crippen LogP contribution in [-0.2, 0) is 10.0 Å². The molecule has 0 saturated heterocycles. The molecule has 0 fully saturated rings. The number of nitrogens with zero attached hydrogens (tertiary/aromatic N) is 1. The normalized spacial score (nSPS) is 11.2. The van der Waals surface area contributed by atoms with Crippen LogP contribution in [0.1, 0.15) is 27.7 Å². The van der Waals surface area contributed by atoms with Crippen LogP contribution in [0.25, 0.3) is 11.3 Å². The maximum atomic E-state index is 12.7. The van der Waals surface area contributed by atoms with E-state index in [0.29, 0.717) is 23.0 Å². The molecule has 0 saturated carbocycles. The molecular formula is C26H25N3O4S2. The number of carbonyl (C=O) groups is 1. The SMILES string of the molecule is CCOc1ccc(-c2nc(NC(=O)c3ccc(NS(=O)(=O)c4ccc(C)cc4)cc3)sc2C)cc1. The van der Waals surface area contributed by atoms with Crippen LogP contribution in [0.5, 0.6) is 5.75 Å². The van der Waals surface area contributed by atoms with E-state index in [4.69, 9.17) is 4.74 Å². The van der Waals surface area contributed by atoms with Crippen molar-refractivity contribution in [3.05, 3.63) is 88.8 Å². The smallest absolute Gasteiger partial charge is 0.261 e. The van der Waals surface area contributed by atoms with Gasteiger partial charge in [-0.25, -0.2) is 13.4 Å². The molecule has 0 spiro atoms. The van der Waals surface area contributed by atoms with Crippen molar-refractivity contribution in [2.24, 2.45) is 0 Å². The highest BCUT2D eigenvalue weighted by molar-refractivity contribution is 7.92. The van der Waals surface area contributed by atoms with Gasteiger partial charge in [-0.3, -0.25) is 14.8 Å². The van der Waals surface area contributed by atoms with Crippen LogP contribution < -0.4 is 14.8 Å². The summed E-state index contributed by atoms with van der Waals surface area (Å²) in [6, 6.07) is 20.5. The van der Waals surface area contributed by atoms with E-state index in [2.05, 4.69) is 15.0 Å². The van der Waals surface area contributed by atoms with Crippen molar-refractivity contribution in [2.75, 3.05) is 16.6 Å². The van der Waals surface area contributed by atoms with Crippen molar-refractivity contribution in [1.82, 2.24) is 4.98 Å². The largest absolute Gasteiger partial charge is 0.494 e. The summed E-state index contributed by atoms with van der Waals surface area (Å²) in [7, 11) is -3.71. The van der Waals surface area contributed by atoms with Crippen molar-refractivity contribution >= 4 is 38.1 Å². The summed E-state index contributed by atoms with van der Waals surface area (Å²) in [5.41, 5.74) is 3.47. The molecule has 7 nitrogen and oxygen atoms in total. The number of aryl methyl sites for hydroxylation is 2. The zero-order valence-corrected chi connectivity index (χ0v) is 21.2. The van der Waals surface area contributed by atoms with Gasteiger partial charge in [0.05, 0.1) is 17.2 Å². The van der Waals surface area contributed by atoms with Crippen LogP contribution in [0.15, 0.2) is 77.7 Å². The van der Waals surface area contributed by atoms with Crippen LogP contribution in [0, 0.1) is 13.8 Å². The second-order valence-electron chi connectivity index (χ2n) is 7.83. The van der Waals surface area contributed by atoms with E-state index in [1.165, 1.54) is 11.3 Å². The zero-order chi connectivity index (χ0) is 25.0. The minimum atomic E-state index is -3.71. The van der Waals surface area contributed by atoms with Gasteiger partial charge in [0.1, 0.15) is 5.75 Å². The fraction of sp³-hybridized carbons (Fsp3) is 0.154. The highest BCUT2D eigenvalue weighted by Gasteiger charge is 2.16. The highest BCUT2D eigenvalue weighted by atomic mass is 32.2. The lowest BCUT2D eigenvalue weighted by Gasteiger charge is -2.09. The third kappa shape index (κ3) is 5.87.